The molecule has 2 aromatic rings. The first-order chi connectivity index (χ1) is 10.7. The van der Waals surface area contributed by atoms with E-state index in [9.17, 15) is 4.79 Å². The number of halogens is 2. The normalized spacial score (nSPS) is 17.5. The summed E-state index contributed by atoms with van der Waals surface area (Å²) >= 11 is 7.43. The SMILES string of the molecule is Cl.O=C(NCCc1ccc(Cl)s1)c1ccn(C2CCCNC2)n1. The number of hydrogen-bond donors (Lipinski definition) is 2. The van der Waals surface area contributed by atoms with Crippen molar-refractivity contribution in [3.63, 3.8) is 0 Å². The lowest BCUT2D eigenvalue weighted by molar-refractivity contribution is 0.0948. The third kappa shape index (κ3) is 4.94. The molecule has 1 saturated heterocycles. The van der Waals surface area contributed by atoms with Crippen LogP contribution in [0.4, 0.5) is 0 Å². The van der Waals surface area contributed by atoms with E-state index in [2.05, 4.69) is 15.7 Å². The molecule has 0 spiro atoms. The fraction of sp³-hybridized carbons (Fsp3) is 0.467. The van der Waals surface area contributed by atoms with E-state index < -0.39 is 0 Å². The number of aromatic nitrogens is 2. The topological polar surface area (TPSA) is 59.0 Å². The standard InChI is InChI=1S/C15H19ClN4OS.ClH/c16-14-4-3-12(22-14)5-8-18-15(21)13-6-9-20(19-13)11-2-1-7-17-10-11;/h3-4,6,9,11,17H,1-2,5,7-8,10H2,(H,18,21);1H. The fourth-order valence-corrected chi connectivity index (χ4v) is 3.68. The number of hydrogen-bond acceptors (Lipinski definition) is 4. The van der Waals surface area contributed by atoms with Crippen LogP contribution >= 0.6 is 35.3 Å². The fourth-order valence-electron chi connectivity index (χ4n) is 2.60. The molecule has 3 heterocycles. The molecule has 2 aromatic heterocycles. The molecule has 2 N–H and O–H groups in total. The van der Waals surface area contributed by atoms with Gasteiger partial charge in [0.15, 0.2) is 0 Å². The Morgan fingerprint density at radius 2 is 2.35 bits per heavy atom. The van der Waals surface area contributed by atoms with Crippen LogP contribution in [0.3, 0.4) is 0 Å². The van der Waals surface area contributed by atoms with E-state index in [1.165, 1.54) is 4.88 Å². The van der Waals surface area contributed by atoms with Crippen molar-refractivity contribution in [2.24, 2.45) is 0 Å². The van der Waals surface area contributed by atoms with Gasteiger partial charge in [0.2, 0.25) is 0 Å². The third-order valence-corrected chi connectivity index (χ3v) is 5.06. The summed E-state index contributed by atoms with van der Waals surface area (Å²) in [4.78, 5) is 13.3. The van der Waals surface area contributed by atoms with Gasteiger partial charge in [0, 0.05) is 24.2 Å². The Labute approximate surface area is 150 Å². The number of rotatable bonds is 5. The lowest BCUT2D eigenvalue weighted by atomic mass is 10.1. The number of piperidine rings is 1. The van der Waals surface area contributed by atoms with Crippen LogP contribution in [0.5, 0.6) is 0 Å². The lowest BCUT2D eigenvalue weighted by Gasteiger charge is -2.22. The van der Waals surface area contributed by atoms with Gasteiger partial charge in [-0.05, 0) is 44.0 Å². The maximum atomic E-state index is 12.1. The van der Waals surface area contributed by atoms with Gasteiger partial charge in [-0.1, -0.05) is 11.6 Å². The summed E-state index contributed by atoms with van der Waals surface area (Å²) in [6, 6.07) is 6.00. The summed E-state index contributed by atoms with van der Waals surface area (Å²) in [5, 5.41) is 10.7. The molecule has 126 valence electrons. The molecule has 0 aromatic carbocycles. The van der Waals surface area contributed by atoms with Crippen molar-refractivity contribution < 1.29 is 4.79 Å². The molecule has 1 atom stereocenters. The van der Waals surface area contributed by atoms with E-state index >= 15 is 0 Å². The Hall–Kier alpha value is -1.08. The van der Waals surface area contributed by atoms with Crippen LogP contribution in [0.25, 0.3) is 0 Å². The van der Waals surface area contributed by atoms with Crippen LogP contribution in [0.2, 0.25) is 4.34 Å². The summed E-state index contributed by atoms with van der Waals surface area (Å²) < 4.78 is 2.68. The van der Waals surface area contributed by atoms with Gasteiger partial charge >= 0.3 is 0 Å². The monoisotopic (exact) mass is 374 g/mol. The second-order valence-corrected chi connectivity index (χ2v) is 7.19. The molecule has 1 aliphatic rings. The minimum atomic E-state index is -0.120. The van der Waals surface area contributed by atoms with E-state index in [0.717, 1.165) is 36.7 Å². The quantitative estimate of drug-likeness (QED) is 0.845. The predicted octanol–water partition coefficient (Wildman–Crippen LogP) is 2.92. The molecule has 8 heteroatoms. The highest BCUT2D eigenvalue weighted by atomic mass is 35.5. The van der Waals surface area contributed by atoms with E-state index in [-0.39, 0.29) is 18.3 Å². The summed E-state index contributed by atoms with van der Waals surface area (Å²) in [6.45, 7) is 2.58. The van der Waals surface area contributed by atoms with Crippen molar-refractivity contribution in [2.45, 2.75) is 25.3 Å². The molecule has 1 fully saturated rings. The summed E-state index contributed by atoms with van der Waals surface area (Å²) in [6.07, 6.45) is 4.94. The first kappa shape index (κ1) is 18.3. The zero-order valence-electron chi connectivity index (χ0n) is 12.6. The summed E-state index contributed by atoms with van der Waals surface area (Å²) in [5.74, 6) is -0.120. The molecule has 0 radical (unpaired) electrons. The van der Waals surface area contributed by atoms with E-state index in [4.69, 9.17) is 11.6 Å². The van der Waals surface area contributed by atoms with E-state index in [0.29, 0.717) is 18.3 Å². The van der Waals surface area contributed by atoms with Crippen LogP contribution in [-0.4, -0.2) is 35.3 Å². The molecular weight excluding hydrogens is 355 g/mol. The zero-order valence-corrected chi connectivity index (χ0v) is 15.0. The Morgan fingerprint density at radius 1 is 1.48 bits per heavy atom. The van der Waals surface area contributed by atoms with E-state index in [1.54, 1.807) is 17.4 Å². The minimum Gasteiger partial charge on any atom is -0.350 e. The molecule has 23 heavy (non-hydrogen) atoms. The number of nitrogens with zero attached hydrogens (tertiary/aromatic N) is 2. The first-order valence-electron chi connectivity index (χ1n) is 7.50. The highest BCUT2D eigenvalue weighted by molar-refractivity contribution is 7.16. The van der Waals surface area contributed by atoms with Gasteiger partial charge in [0.05, 0.1) is 10.4 Å². The molecule has 1 aliphatic heterocycles. The number of thiophene rings is 1. The third-order valence-electron chi connectivity index (χ3n) is 3.77. The number of carbonyl (C=O) groups is 1. The molecule has 0 aliphatic carbocycles. The molecule has 5 nitrogen and oxygen atoms in total. The minimum absolute atomic E-state index is 0. The Morgan fingerprint density at radius 3 is 3.04 bits per heavy atom. The lowest BCUT2D eigenvalue weighted by Crippen LogP contribution is -2.32. The molecule has 0 saturated carbocycles. The highest BCUT2D eigenvalue weighted by Gasteiger charge is 2.17. The van der Waals surface area contributed by atoms with Crippen LogP contribution < -0.4 is 10.6 Å². The average molecular weight is 375 g/mol. The van der Waals surface area contributed by atoms with Crippen LogP contribution in [-0.2, 0) is 6.42 Å². The van der Waals surface area contributed by atoms with Crippen LogP contribution in [0, 0.1) is 0 Å². The Bertz CT molecular complexity index is 637. The number of nitrogens with one attached hydrogen (secondary N) is 2. The van der Waals surface area contributed by atoms with Gasteiger partial charge in [-0.15, -0.1) is 23.7 Å². The number of carbonyl (C=O) groups excluding carboxylic acids is 1. The molecule has 1 amide bonds. The van der Waals surface area contributed by atoms with Crippen LogP contribution in [0.1, 0.15) is 34.2 Å². The molecule has 0 bridgehead atoms. The first-order valence-corrected chi connectivity index (χ1v) is 8.70. The highest BCUT2D eigenvalue weighted by Crippen LogP contribution is 2.21. The smallest absolute Gasteiger partial charge is 0.271 e. The van der Waals surface area contributed by atoms with Crippen molar-refractivity contribution in [3.8, 4) is 0 Å². The second kappa shape index (κ2) is 8.68. The van der Waals surface area contributed by atoms with Gasteiger partial charge in [-0.3, -0.25) is 9.48 Å². The summed E-state index contributed by atoms with van der Waals surface area (Å²) in [7, 11) is 0. The average Bonchev–Trinajstić information content (AvgIpc) is 3.17. The van der Waals surface area contributed by atoms with E-state index in [1.807, 2.05) is 23.0 Å². The van der Waals surface area contributed by atoms with Gasteiger partial charge in [-0.2, -0.15) is 5.10 Å². The Kier molecular flexibility index (Phi) is 6.89. The molecule has 3 rings (SSSR count). The van der Waals surface area contributed by atoms with Gasteiger partial charge in [0.1, 0.15) is 5.69 Å². The number of amides is 1. The van der Waals surface area contributed by atoms with Crippen molar-refractivity contribution in [3.05, 3.63) is 39.3 Å². The second-order valence-electron chi connectivity index (χ2n) is 5.39. The maximum absolute atomic E-state index is 12.1. The van der Waals surface area contributed by atoms with Gasteiger partial charge in [0.25, 0.3) is 5.91 Å². The largest absolute Gasteiger partial charge is 0.350 e. The van der Waals surface area contributed by atoms with Crippen LogP contribution in [0.15, 0.2) is 24.4 Å². The zero-order chi connectivity index (χ0) is 15.4. The van der Waals surface area contributed by atoms with Crippen molar-refractivity contribution in [1.29, 1.82) is 0 Å². The Balaban J connectivity index is 0.00000192. The van der Waals surface area contributed by atoms with Gasteiger partial charge in [-0.25, -0.2) is 0 Å². The van der Waals surface area contributed by atoms with Crippen molar-refractivity contribution >= 4 is 41.3 Å². The summed E-state index contributed by atoms with van der Waals surface area (Å²) in [5.41, 5.74) is 0.481. The van der Waals surface area contributed by atoms with Gasteiger partial charge < -0.3 is 10.6 Å². The maximum Gasteiger partial charge on any atom is 0.271 e. The molecule has 1 unspecified atom stereocenters. The van der Waals surface area contributed by atoms with Crippen molar-refractivity contribution in [1.82, 2.24) is 20.4 Å². The molecular formula is C15H20Cl2N4OS. The van der Waals surface area contributed by atoms with Crippen molar-refractivity contribution in [2.75, 3.05) is 19.6 Å². The predicted molar refractivity (Wildman–Crippen MR) is 96.0 cm³/mol.